The van der Waals surface area contributed by atoms with Gasteiger partial charge in [0.1, 0.15) is 5.82 Å². The standard InChI is InChI=1S/C20H30FN5O.HI/c1-20(2,3)18(27-5)14-24-19(22-4)23-12-10-16-11-13-26(25-16)17-8-6-15(21)7-9-17;/h6-9,11,13,18H,10,12,14H2,1-5H3,(H2,22,23,24);1H. The Kier molecular flexibility index (Phi) is 9.88. The van der Waals surface area contributed by atoms with Crippen molar-refractivity contribution in [3.8, 4) is 5.69 Å². The van der Waals surface area contributed by atoms with E-state index in [4.69, 9.17) is 4.74 Å². The van der Waals surface area contributed by atoms with E-state index in [1.807, 2.05) is 12.3 Å². The summed E-state index contributed by atoms with van der Waals surface area (Å²) in [7, 11) is 3.47. The zero-order chi connectivity index (χ0) is 19.9. The topological polar surface area (TPSA) is 63.5 Å². The maximum Gasteiger partial charge on any atom is 0.191 e. The van der Waals surface area contributed by atoms with Crippen molar-refractivity contribution in [2.75, 3.05) is 27.2 Å². The van der Waals surface area contributed by atoms with Gasteiger partial charge in [0.15, 0.2) is 5.96 Å². The molecule has 2 rings (SSSR count). The lowest BCUT2D eigenvalue weighted by Gasteiger charge is -2.30. The van der Waals surface area contributed by atoms with E-state index in [1.165, 1.54) is 12.1 Å². The molecule has 0 amide bonds. The van der Waals surface area contributed by atoms with Gasteiger partial charge in [-0.25, -0.2) is 9.07 Å². The summed E-state index contributed by atoms with van der Waals surface area (Å²) in [6, 6.07) is 8.23. The quantitative estimate of drug-likeness (QED) is 0.346. The van der Waals surface area contributed by atoms with E-state index >= 15 is 0 Å². The van der Waals surface area contributed by atoms with Crippen LogP contribution in [0.25, 0.3) is 5.69 Å². The van der Waals surface area contributed by atoms with Crippen LogP contribution in [0.3, 0.4) is 0 Å². The van der Waals surface area contributed by atoms with Gasteiger partial charge in [0.2, 0.25) is 0 Å². The molecule has 2 aromatic rings. The zero-order valence-corrected chi connectivity index (χ0v) is 19.5. The molecule has 0 aliphatic heterocycles. The van der Waals surface area contributed by atoms with E-state index in [0.29, 0.717) is 13.1 Å². The Labute approximate surface area is 184 Å². The first-order valence-corrected chi connectivity index (χ1v) is 9.11. The molecule has 0 saturated carbocycles. The Morgan fingerprint density at radius 2 is 1.89 bits per heavy atom. The maximum atomic E-state index is 13.0. The third-order valence-electron chi connectivity index (χ3n) is 4.34. The number of halogens is 2. The van der Waals surface area contributed by atoms with Crippen molar-refractivity contribution < 1.29 is 9.13 Å². The first kappa shape index (κ1) is 24.4. The molecule has 2 N–H and O–H groups in total. The van der Waals surface area contributed by atoms with Crippen LogP contribution in [0, 0.1) is 11.2 Å². The largest absolute Gasteiger partial charge is 0.379 e. The molecule has 0 aliphatic carbocycles. The Bertz CT molecular complexity index is 740. The normalized spacial score (nSPS) is 13.0. The minimum Gasteiger partial charge on any atom is -0.379 e. The van der Waals surface area contributed by atoms with Crippen LogP contribution in [0.5, 0.6) is 0 Å². The number of ether oxygens (including phenoxy) is 1. The summed E-state index contributed by atoms with van der Waals surface area (Å²) in [5.74, 6) is 0.482. The van der Waals surface area contributed by atoms with Crippen LogP contribution in [0.2, 0.25) is 0 Å². The van der Waals surface area contributed by atoms with E-state index < -0.39 is 0 Å². The predicted molar refractivity (Wildman–Crippen MR) is 122 cm³/mol. The highest BCUT2D eigenvalue weighted by Gasteiger charge is 2.24. The van der Waals surface area contributed by atoms with E-state index in [-0.39, 0.29) is 41.3 Å². The maximum absolute atomic E-state index is 13.0. The molecule has 0 saturated heterocycles. The van der Waals surface area contributed by atoms with Gasteiger partial charge in [0, 0.05) is 39.9 Å². The van der Waals surface area contributed by atoms with Gasteiger partial charge in [-0.1, -0.05) is 20.8 Å². The van der Waals surface area contributed by atoms with Crippen molar-refractivity contribution in [1.29, 1.82) is 0 Å². The molecule has 1 unspecified atom stereocenters. The number of aromatic nitrogens is 2. The highest BCUT2D eigenvalue weighted by Crippen LogP contribution is 2.20. The van der Waals surface area contributed by atoms with Gasteiger partial charge in [-0.15, -0.1) is 24.0 Å². The molecule has 0 bridgehead atoms. The first-order chi connectivity index (χ1) is 12.8. The van der Waals surface area contributed by atoms with Crippen LogP contribution >= 0.6 is 24.0 Å². The van der Waals surface area contributed by atoms with Crippen LogP contribution < -0.4 is 10.6 Å². The third-order valence-corrected chi connectivity index (χ3v) is 4.34. The average Bonchev–Trinajstić information content (AvgIpc) is 3.09. The van der Waals surface area contributed by atoms with Crippen LogP contribution in [0.15, 0.2) is 41.5 Å². The summed E-state index contributed by atoms with van der Waals surface area (Å²) < 4.78 is 20.3. The molecule has 6 nitrogen and oxygen atoms in total. The number of guanidine groups is 1. The molecular formula is C20H31FIN5O. The summed E-state index contributed by atoms with van der Waals surface area (Å²) in [4.78, 5) is 4.25. The highest BCUT2D eigenvalue weighted by atomic mass is 127. The molecule has 1 aromatic heterocycles. The second-order valence-corrected chi connectivity index (χ2v) is 7.45. The molecule has 1 aromatic carbocycles. The van der Waals surface area contributed by atoms with Crippen LogP contribution in [0.4, 0.5) is 4.39 Å². The summed E-state index contributed by atoms with van der Waals surface area (Å²) in [6.45, 7) is 7.83. The minimum absolute atomic E-state index is 0. The second-order valence-electron chi connectivity index (χ2n) is 7.45. The van der Waals surface area contributed by atoms with Crippen LogP contribution in [-0.2, 0) is 11.2 Å². The minimum atomic E-state index is -0.253. The summed E-state index contributed by atoms with van der Waals surface area (Å²) in [5, 5.41) is 11.1. The third kappa shape index (κ3) is 7.38. The van der Waals surface area contributed by atoms with E-state index in [9.17, 15) is 4.39 Å². The Balaban J connectivity index is 0.00000392. The van der Waals surface area contributed by atoms with Crippen LogP contribution in [-0.4, -0.2) is 49.1 Å². The number of rotatable bonds is 7. The fourth-order valence-electron chi connectivity index (χ4n) is 2.69. The number of benzene rings is 1. The molecule has 8 heteroatoms. The predicted octanol–water partition coefficient (Wildman–Crippen LogP) is 3.40. The van der Waals surface area contributed by atoms with Gasteiger partial charge in [0.25, 0.3) is 0 Å². The summed E-state index contributed by atoms with van der Waals surface area (Å²) in [5.41, 5.74) is 1.83. The lowest BCUT2D eigenvalue weighted by molar-refractivity contribution is 0.0205. The Morgan fingerprint density at radius 1 is 1.21 bits per heavy atom. The lowest BCUT2D eigenvalue weighted by Crippen LogP contribution is -2.45. The monoisotopic (exact) mass is 503 g/mol. The fourth-order valence-corrected chi connectivity index (χ4v) is 2.69. The molecule has 156 valence electrons. The Hall–Kier alpha value is -1.68. The molecule has 28 heavy (non-hydrogen) atoms. The van der Waals surface area contributed by atoms with Gasteiger partial charge in [-0.05, 0) is 35.7 Å². The van der Waals surface area contributed by atoms with E-state index in [0.717, 1.165) is 23.8 Å². The van der Waals surface area contributed by atoms with Gasteiger partial charge in [0.05, 0.1) is 17.5 Å². The van der Waals surface area contributed by atoms with Crippen molar-refractivity contribution in [1.82, 2.24) is 20.4 Å². The average molecular weight is 503 g/mol. The molecule has 0 aliphatic rings. The smallest absolute Gasteiger partial charge is 0.191 e. The van der Waals surface area contributed by atoms with Crippen molar-refractivity contribution in [2.45, 2.75) is 33.3 Å². The van der Waals surface area contributed by atoms with Crippen molar-refractivity contribution in [3.63, 3.8) is 0 Å². The van der Waals surface area contributed by atoms with Crippen molar-refractivity contribution in [2.24, 2.45) is 10.4 Å². The molecule has 1 atom stereocenters. The number of hydrogen-bond donors (Lipinski definition) is 2. The number of nitrogens with zero attached hydrogens (tertiary/aromatic N) is 3. The SMILES string of the molecule is CN=C(NCCc1ccn(-c2ccc(F)cc2)n1)NCC(OC)C(C)(C)C.I. The van der Waals surface area contributed by atoms with Gasteiger partial charge in [-0.3, -0.25) is 4.99 Å². The lowest BCUT2D eigenvalue weighted by atomic mass is 9.89. The number of aliphatic imine (C=N–C) groups is 1. The van der Waals surface area contributed by atoms with Crippen molar-refractivity contribution >= 4 is 29.9 Å². The van der Waals surface area contributed by atoms with Gasteiger partial charge < -0.3 is 15.4 Å². The van der Waals surface area contributed by atoms with Gasteiger partial charge >= 0.3 is 0 Å². The number of hydrogen-bond acceptors (Lipinski definition) is 3. The molecule has 0 radical (unpaired) electrons. The van der Waals surface area contributed by atoms with E-state index in [1.54, 1.807) is 31.0 Å². The summed E-state index contributed by atoms with van der Waals surface area (Å²) >= 11 is 0. The number of nitrogens with one attached hydrogen (secondary N) is 2. The van der Waals surface area contributed by atoms with Gasteiger partial charge in [-0.2, -0.15) is 5.10 Å². The molecule has 0 spiro atoms. The second kappa shape index (κ2) is 11.4. The first-order valence-electron chi connectivity index (χ1n) is 9.11. The van der Waals surface area contributed by atoms with Crippen molar-refractivity contribution in [3.05, 3.63) is 48.0 Å². The van der Waals surface area contributed by atoms with E-state index in [2.05, 4.69) is 41.5 Å². The fraction of sp³-hybridized carbons (Fsp3) is 0.500. The highest BCUT2D eigenvalue weighted by molar-refractivity contribution is 14.0. The summed E-state index contributed by atoms with van der Waals surface area (Å²) in [6.07, 6.45) is 2.71. The number of methoxy groups -OCH3 is 1. The molecular weight excluding hydrogens is 472 g/mol. The zero-order valence-electron chi connectivity index (χ0n) is 17.2. The van der Waals surface area contributed by atoms with Crippen LogP contribution in [0.1, 0.15) is 26.5 Å². The molecule has 0 fully saturated rings. The Morgan fingerprint density at radius 3 is 2.46 bits per heavy atom. The molecule has 1 heterocycles.